The van der Waals surface area contributed by atoms with Crippen LogP contribution in [0, 0.1) is 0 Å². The molecule has 2 unspecified atom stereocenters. The third kappa shape index (κ3) is 3.48. The molecule has 0 aliphatic carbocycles. The molecule has 1 N–H and O–H groups in total. The fraction of sp³-hybridized carbons (Fsp3) is 0.471. The van der Waals surface area contributed by atoms with Gasteiger partial charge in [-0.15, -0.1) is 0 Å². The highest BCUT2D eigenvalue weighted by Crippen LogP contribution is 2.25. The number of nitrogens with zero attached hydrogens (tertiary/aromatic N) is 2. The van der Waals surface area contributed by atoms with Crippen LogP contribution >= 0.6 is 0 Å². The number of likely N-dealkylation sites (N-methyl/N-ethyl adjacent to an activating group) is 1. The molecule has 0 radical (unpaired) electrons. The van der Waals surface area contributed by atoms with Gasteiger partial charge in [-0.1, -0.05) is 44.2 Å². The molecule has 3 nitrogen and oxygen atoms in total. The van der Waals surface area contributed by atoms with Crippen LogP contribution in [-0.4, -0.2) is 22.1 Å². The fourth-order valence-electron chi connectivity index (χ4n) is 2.86. The van der Waals surface area contributed by atoms with Crippen molar-refractivity contribution in [3.8, 4) is 0 Å². The zero-order valence-electron chi connectivity index (χ0n) is 12.7. The molecule has 0 saturated carbocycles. The minimum Gasteiger partial charge on any atom is -0.338 e. The van der Waals surface area contributed by atoms with Crippen molar-refractivity contribution in [1.82, 2.24) is 14.9 Å². The molecule has 0 bridgehead atoms. The van der Waals surface area contributed by atoms with E-state index in [0.29, 0.717) is 12.0 Å². The molecule has 2 atom stereocenters. The normalized spacial score (nSPS) is 14.2. The van der Waals surface area contributed by atoms with Crippen LogP contribution < -0.4 is 5.32 Å². The van der Waals surface area contributed by atoms with E-state index in [0.717, 1.165) is 25.2 Å². The average Bonchev–Trinajstić information content (AvgIpc) is 2.86. The van der Waals surface area contributed by atoms with Crippen LogP contribution in [-0.2, 0) is 13.5 Å². The van der Waals surface area contributed by atoms with E-state index in [-0.39, 0.29) is 0 Å². The summed E-state index contributed by atoms with van der Waals surface area (Å²) in [6.45, 7) is 5.42. The van der Waals surface area contributed by atoms with Crippen molar-refractivity contribution in [1.29, 1.82) is 0 Å². The van der Waals surface area contributed by atoms with Crippen LogP contribution in [0.3, 0.4) is 0 Å². The molecule has 0 fully saturated rings. The largest absolute Gasteiger partial charge is 0.338 e. The Morgan fingerprint density at radius 1 is 1.20 bits per heavy atom. The SMILES string of the molecule is CCNC(Cc1nccn1C)C(CC)c1ccccc1. The summed E-state index contributed by atoms with van der Waals surface area (Å²) < 4.78 is 2.11. The second kappa shape index (κ2) is 7.25. The quantitative estimate of drug-likeness (QED) is 0.838. The summed E-state index contributed by atoms with van der Waals surface area (Å²) in [5, 5.41) is 3.64. The summed E-state index contributed by atoms with van der Waals surface area (Å²) >= 11 is 0. The summed E-state index contributed by atoms with van der Waals surface area (Å²) in [6.07, 6.45) is 5.99. The highest BCUT2D eigenvalue weighted by Gasteiger charge is 2.22. The summed E-state index contributed by atoms with van der Waals surface area (Å²) in [7, 11) is 2.06. The minimum absolute atomic E-state index is 0.425. The third-order valence-electron chi connectivity index (χ3n) is 3.94. The van der Waals surface area contributed by atoms with Crippen LogP contribution in [0.2, 0.25) is 0 Å². The Hall–Kier alpha value is -1.61. The molecule has 2 rings (SSSR count). The van der Waals surface area contributed by atoms with Crippen molar-refractivity contribution in [3.05, 3.63) is 54.1 Å². The van der Waals surface area contributed by atoms with Crippen LogP contribution in [0.25, 0.3) is 0 Å². The highest BCUT2D eigenvalue weighted by atomic mass is 15.0. The van der Waals surface area contributed by atoms with Crippen molar-refractivity contribution in [2.45, 2.75) is 38.6 Å². The molecule has 1 aromatic heterocycles. The summed E-state index contributed by atoms with van der Waals surface area (Å²) in [4.78, 5) is 4.47. The number of benzene rings is 1. The topological polar surface area (TPSA) is 29.9 Å². The van der Waals surface area contributed by atoms with Gasteiger partial charge in [-0.2, -0.15) is 0 Å². The van der Waals surface area contributed by atoms with Crippen LogP contribution in [0.4, 0.5) is 0 Å². The van der Waals surface area contributed by atoms with E-state index in [4.69, 9.17) is 0 Å². The van der Waals surface area contributed by atoms with Gasteiger partial charge in [0.15, 0.2) is 0 Å². The van der Waals surface area contributed by atoms with Crippen molar-refractivity contribution in [2.24, 2.45) is 7.05 Å². The second-order valence-corrected chi connectivity index (χ2v) is 5.25. The first-order chi connectivity index (χ1) is 9.76. The van der Waals surface area contributed by atoms with Gasteiger partial charge in [-0.05, 0) is 24.4 Å². The van der Waals surface area contributed by atoms with Gasteiger partial charge in [-0.3, -0.25) is 0 Å². The molecule has 0 aliphatic heterocycles. The molecule has 0 amide bonds. The lowest BCUT2D eigenvalue weighted by Gasteiger charge is -2.27. The number of aromatic nitrogens is 2. The highest BCUT2D eigenvalue weighted by molar-refractivity contribution is 5.22. The Labute approximate surface area is 122 Å². The Kier molecular flexibility index (Phi) is 5.36. The van der Waals surface area contributed by atoms with Crippen LogP contribution in [0.15, 0.2) is 42.7 Å². The maximum atomic E-state index is 4.47. The van der Waals surface area contributed by atoms with E-state index in [9.17, 15) is 0 Å². The lowest BCUT2D eigenvalue weighted by molar-refractivity contribution is 0.418. The molecule has 2 aromatic rings. The predicted molar refractivity (Wildman–Crippen MR) is 83.9 cm³/mol. The molecule has 0 saturated heterocycles. The van der Waals surface area contributed by atoms with Crippen molar-refractivity contribution >= 4 is 0 Å². The molecular formula is C17H25N3. The smallest absolute Gasteiger partial charge is 0.109 e. The molecule has 108 valence electrons. The number of nitrogens with one attached hydrogen (secondary N) is 1. The first-order valence-corrected chi connectivity index (χ1v) is 7.50. The van der Waals surface area contributed by atoms with Crippen molar-refractivity contribution in [3.63, 3.8) is 0 Å². The number of rotatable bonds is 7. The molecule has 1 heterocycles. The van der Waals surface area contributed by atoms with Crippen LogP contribution in [0.5, 0.6) is 0 Å². The Balaban J connectivity index is 2.20. The first-order valence-electron chi connectivity index (χ1n) is 7.50. The molecule has 1 aromatic carbocycles. The minimum atomic E-state index is 0.425. The van der Waals surface area contributed by atoms with E-state index in [2.05, 4.69) is 66.1 Å². The van der Waals surface area contributed by atoms with Crippen LogP contribution in [0.1, 0.15) is 37.6 Å². The number of hydrogen-bond donors (Lipinski definition) is 1. The number of aryl methyl sites for hydroxylation is 1. The molecular weight excluding hydrogens is 246 g/mol. The van der Waals surface area contributed by atoms with Gasteiger partial charge in [0.1, 0.15) is 5.82 Å². The fourth-order valence-corrected chi connectivity index (χ4v) is 2.86. The van der Waals surface area contributed by atoms with E-state index < -0.39 is 0 Å². The molecule has 0 spiro atoms. The van der Waals surface area contributed by atoms with Gasteiger partial charge >= 0.3 is 0 Å². The van der Waals surface area contributed by atoms with Crippen molar-refractivity contribution in [2.75, 3.05) is 6.54 Å². The molecule has 20 heavy (non-hydrogen) atoms. The first kappa shape index (κ1) is 14.8. The summed E-state index contributed by atoms with van der Waals surface area (Å²) in [5.74, 6) is 1.66. The van der Waals surface area contributed by atoms with Crippen molar-refractivity contribution < 1.29 is 0 Å². The number of hydrogen-bond acceptors (Lipinski definition) is 2. The van der Waals surface area contributed by atoms with Gasteiger partial charge in [-0.25, -0.2) is 4.98 Å². The van der Waals surface area contributed by atoms with Gasteiger partial charge in [0.25, 0.3) is 0 Å². The van der Waals surface area contributed by atoms with E-state index in [1.165, 1.54) is 5.56 Å². The van der Waals surface area contributed by atoms with E-state index in [1.807, 2.05) is 12.4 Å². The molecule has 3 heteroatoms. The third-order valence-corrected chi connectivity index (χ3v) is 3.94. The lowest BCUT2D eigenvalue weighted by Crippen LogP contribution is -2.37. The Morgan fingerprint density at radius 2 is 1.95 bits per heavy atom. The van der Waals surface area contributed by atoms with Gasteiger partial charge in [0.05, 0.1) is 0 Å². The summed E-state index contributed by atoms with van der Waals surface area (Å²) in [6, 6.07) is 11.2. The summed E-state index contributed by atoms with van der Waals surface area (Å²) in [5.41, 5.74) is 1.41. The number of imidazole rings is 1. The zero-order valence-corrected chi connectivity index (χ0v) is 12.7. The maximum Gasteiger partial charge on any atom is 0.109 e. The van der Waals surface area contributed by atoms with E-state index >= 15 is 0 Å². The van der Waals surface area contributed by atoms with Gasteiger partial charge < -0.3 is 9.88 Å². The molecule has 0 aliphatic rings. The van der Waals surface area contributed by atoms with Gasteiger partial charge in [0.2, 0.25) is 0 Å². The standard InChI is InChI=1S/C17H25N3/c1-4-15(14-9-7-6-8-10-14)16(18-5-2)13-17-19-11-12-20(17)3/h6-12,15-16,18H,4-5,13H2,1-3H3. The second-order valence-electron chi connectivity index (χ2n) is 5.25. The monoisotopic (exact) mass is 271 g/mol. The Morgan fingerprint density at radius 3 is 2.50 bits per heavy atom. The average molecular weight is 271 g/mol. The predicted octanol–water partition coefficient (Wildman–Crippen LogP) is 3.13. The lowest BCUT2D eigenvalue weighted by atomic mass is 9.87. The zero-order chi connectivity index (χ0) is 14.4. The van der Waals surface area contributed by atoms with E-state index in [1.54, 1.807) is 0 Å². The maximum absolute atomic E-state index is 4.47. The Bertz CT molecular complexity index is 504. The van der Waals surface area contributed by atoms with Gasteiger partial charge in [0, 0.05) is 31.9 Å².